The molecule has 6 heteroatoms. The van der Waals surface area contributed by atoms with E-state index in [1.165, 1.54) is 12.1 Å². The van der Waals surface area contributed by atoms with E-state index in [4.69, 9.17) is 16.4 Å². The fourth-order valence-electron chi connectivity index (χ4n) is 2.69. The lowest BCUT2D eigenvalue weighted by Crippen LogP contribution is -2.39. The Kier molecular flexibility index (Phi) is 4.35. The van der Waals surface area contributed by atoms with Crippen molar-refractivity contribution in [3.63, 3.8) is 0 Å². The first-order chi connectivity index (χ1) is 11.8. The number of rotatable bonds is 4. The molecule has 0 saturated carbocycles. The molecule has 0 aliphatic carbocycles. The van der Waals surface area contributed by atoms with Crippen LogP contribution in [0.1, 0.15) is 40.1 Å². The third-order valence-corrected chi connectivity index (χ3v) is 4.25. The van der Waals surface area contributed by atoms with Gasteiger partial charge in [-0.1, -0.05) is 40.9 Å². The predicted molar refractivity (Wildman–Crippen MR) is 92.0 cm³/mol. The lowest BCUT2D eigenvalue weighted by Gasteiger charge is -2.24. The highest BCUT2D eigenvalue weighted by Gasteiger charge is 2.41. The Bertz CT molecular complexity index is 840. The van der Waals surface area contributed by atoms with Gasteiger partial charge in [-0.2, -0.15) is 0 Å². The van der Waals surface area contributed by atoms with Crippen LogP contribution >= 0.6 is 11.6 Å². The molecule has 0 spiro atoms. The minimum absolute atomic E-state index is 0.230. The minimum atomic E-state index is -0.944. The number of fused-ring (bicyclic) bond motifs is 1. The molecule has 2 amide bonds. The summed E-state index contributed by atoms with van der Waals surface area (Å²) >= 11 is 5.97. The SMILES string of the molecule is CC(C)(Cc1cccc(Cl)c1)C(=O)ON1C(=O)c2ccccc2C1=O. The molecule has 0 fully saturated rings. The molecule has 25 heavy (non-hydrogen) atoms. The highest BCUT2D eigenvalue weighted by Crippen LogP contribution is 2.28. The molecule has 0 bridgehead atoms. The number of nitrogens with zero attached hydrogens (tertiary/aromatic N) is 1. The predicted octanol–water partition coefficient (Wildman–Crippen LogP) is 3.66. The van der Waals surface area contributed by atoms with Crippen LogP contribution in [0, 0.1) is 5.41 Å². The van der Waals surface area contributed by atoms with E-state index in [0.29, 0.717) is 16.5 Å². The molecule has 128 valence electrons. The van der Waals surface area contributed by atoms with Crippen molar-refractivity contribution in [1.29, 1.82) is 0 Å². The number of hydrogen-bond acceptors (Lipinski definition) is 4. The monoisotopic (exact) mass is 357 g/mol. The summed E-state index contributed by atoms with van der Waals surface area (Å²) in [6.45, 7) is 3.38. The molecule has 5 nitrogen and oxygen atoms in total. The van der Waals surface area contributed by atoms with Crippen molar-refractivity contribution < 1.29 is 19.2 Å². The van der Waals surface area contributed by atoms with E-state index in [9.17, 15) is 14.4 Å². The first-order valence-electron chi connectivity index (χ1n) is 7.74. The zero-order valence-corrected chi connectivity index (χ0v) is 14.5. The van der Waals surface area contributed by atoms with Crippen LogP contribution < -0.4 is 0 Å². The van der Waals surface area contributed by atoms with Crippen molar-refractivity contribution in [1.82, 2.24) is 5.06 Å². The lowest BCUT2D eigenvalue weighted by molar-refractivity contribution is -0.179. The normalized spacial score (nSPS) is 13.8. The van der Waals surface area contributed by atoms with E-state index in [-0.39, 0.29) is 11.1 Å². The smallest absolute Gasteiger partial charge is 0.329 e. The Morgan fingerprint density at radius 1 is 1.04 bits per heavy atom. The quantitative estimate of drug-likeness (QED) is 0.783. The van der Waals surface area contributed by atoms with E-state index < -0.39 is 23.2 Å². The molecule has 0 unspecified atom stereocenters. The van der Waals surface area contributed by atoms with Crippen molar-refractivity contribution in [2.24, 2.45) is 5.41 Å². The van der Waals surface area contributed by atoms with Crippen LogP contribution in [-0.2, 0) is 16.1 Å². The Labute approximate surface area is 150 Å². The first-order valence-corrected chi connectivity index (χ1v) is 8.12. The van der Waals surface area contributed by atoms with Crippen LogP contribution in [0.2, 0.25) is 5.02 Å². The second-order valence-corrected chi connectivity index (χ2v) is 6.96. The highest BCUT2D eigenvalue weighted by atomic mass is 35.5. The first kappa shape index (κ1) is 17.2. The van der Waals surface area contributed by atoms with Crippen LogP contribution in [0.4, 0.5) is 0 Å². The minimum Gasteiger partial charge on any atom is -0.329 e. The average Bonchev–Trinajstić information content (AvgIpc) is 2.80. The molecular formula is C19H16ClNO4. The van der Waals surface area contributed by atoms with Gasteiger partial charge in [0.15, 0.2) is 0 Å². The Morgan fingerprint density at radius 3 is 2.20 bits per heavy atom. The van der Waals surface area contributed by atoms with Gasteiger partial charge in [0.25, 0.3) is 11.8 Å². The Balaban J connectivity index is 1.76. The fourth-order valence-corrected chi connectivity index (χ4v) is 2.90. The molecule has 1 aliphatic rings. The van der Waals surface area contributed by atoms with Crippen molar-refractivity contribution in [2.75, 3.05) is 0 Å². The molecular weight excluding hydrogens is 342 g/mol. The summed E-state index contributed by atoms with van der Waals surface area (Å²) in [6.07, 6.45) is 0.357. The summed E-state index contributed by atoms with van der Waals surface area (Å²) in [5, 5.41) is 1.11. The summed E-state index contributed by atoms with van der Waals surface area (Å²) in [5.74, 6) is -1.93. The van der Waals surface area contributed by atoms with Gasteiger partial charge in [0.2, 0.25) is 0 Å². The van der Waals surface area contributed by atoms with E-state index in [1.54, 1.807) is 44.2 Å². The fraction of sp³-hybridized carbons (Fsp3) is 0.211. The van der Waals surface area contributed by atoms with Crippen molar-refractivity contribution in [2.45, 2.75) is 20.3 Å². The molecule has 0 saturated heterocycles. The molecule has 0 radical (unpaired) electrons. The molecule has 1 aliphatic heterocycles. The van der Waals surface area contributed by atoms with E-state index in [1.807, 2.05) is 6.07 Å². The number of carbonyl (C=O) groups is 3. The van der Waals surface area contributed by atoms with Gasteiger partial charge in [-0.25, -0.2) is 4.79 Å². The number of amides is 2. The highest BCUT2D eigenvalue weighted by molar-refractivity contribution is 6.30. The van der Waals surface area contributed by atoms with E-state index in [2.05, 4.69) is 0 Å². The van der Waals surface area contributed by atoms with Gasteiger partial charge < -0.3 is 4.84 Å². The van der Waals surface area contributed by atoms with Crippen molar-refractivity contribution in [3.8, 4) is 0 Å². The van der Waals surface area contributed by atoms with Crippen molar-refractivity contribution in [3.05, 3.63) is 70.2 Å². The number of hydrogen-bond donors (Lipinski definition) is 0. The third-order valence-electron chi connectivity index (χ3n) is 4.02. The van der Waals surface area contributed by atoms with Gasteiger partial charge >= 0.3 is 5.97 Å². The number of hydroxylamine groups is 2. The van der Waals surface area contributed by atoms with Crippen LogP contribution in [0.3, 0.4) is 0 Å². The van der Waals surface area contributed by atoms with E-state index in [0.717, 1.165) is 5.56 Å². The second-order valence-electron chi connectivity index (χ2n) is 6.52. The third kappa shape index (κ3) is 3.28. The number of benzene rings is 2. The molecule has 1 heterocycles. The number of imide groups is 1. The van der Waals surface area contributed by atoms with Gasteiger partial charge in [0.1, 0.15) is 0 Å². The van der Waals surface area contributed by atoms with Gasteiger partial charge in [0, 0.05) is 5.02 Å². The van der Waals surface area contributed by atoms with Crippen LogP contribution in [0.25, 0.3) is 0 Å². The molecule has 2 aromatic carbocycles. The van der Waals surface area contributed by atoms with Gasteiger partial charge in [-0.05, 0) is 50.1 Å². The average molecular weight is 358 g/mol. The van der Waals surface area contributed by atoms with Crippen LogP contribution in [0.15, 0.2) is 48.5 Å². The second kappa shape index (κ2) is 6.33. The van der Waals surface area contributed by atoms with Crippen LogP contribution in [-0.4, -0.2) is 22.8 Å². The molecule has 0 atom stereocenters. The van der Waals surface area contributed by atoms with Gasteiger partial charge in [0.05, 0.1) is 16.5 Å². The largest absolute Gasteiger partial charge is 0.339 e. The van der Waals surface area contributed by atoms with Crippen molar-refractivity contribution >= 4 is 29.4 Å². The molecule has 2 aromatic rings. The Morgan fingerprint density at radius 2 is 1.64 bits per heavy atom. The Hall–Kier alpha value is -2.66. The number of carbonyl (C=O) groups excluding carboxylic acids is 3. The lowest BCUT2D eigenvalue weighted by atomic mass is 9.86. The maximum atomic E-state index is 12.6. The summed E-state index contributed by atoms with van der Waals surface area (Å²) in [6, 6.07) is 13.5. The van der Waals surface area contributed by atoms with Gasteiger partial charge in [-0.3, -0.25) is 9.59 Å². The topological polar surface area (TPSA) is 63.7 Å². The maximum Gasteiger partial charge on any atom is 0.339 e. The maximum absolute atomic E-state index is 12.6. The molecule has 0 N–H and O–H groups in total. The summed E-state index contributed by atoms with van der Waals surface area (Å²) in [4.78, 5) is 42.3. The van der Waals surface area contributed by atoms with Gasteiger partial charge in [-0.15, -0.1) is 0 Å². The van der Waals surface area contributed by atoms with Crippen LogP contribution in [0.5, 0.6) is 0 Å². The van der Waals surface area contributed by atoms with E-state index >= 15 is 0 Å². The molecule has 3 rings (SSSR count). The summed E-state index contributed by atoms with van der Waals surface area (Å²) in [5.41, 5.74) is 0.373. The number of halogens is 1. The zero-order valence-electron chi connectivity index (χ0n) is 13.8. The summed E-state index contributed by atoms with van der Waals surface area (Å²) in [7, 11) is 0. The zero-order chi connectivity index (χ0) is 18.2. The molecule has 0 aromatic heterocycles. The standard InChI is InChI=1S/C19H16ClNO4/c1-19(2,11-12-6-5-7-13(20)10-12)18(24)25-21-16(22)14-8-3-4-9-15(14)17(21)23/h3-10H,11H2,1-2H3. The summed E-state index contributed by atoms with van der Waals surface area (Å²) < 4.78 is 0.